The van der Waals surface area contributed by atoms with Crippen LogP contribution in [0.4, 0.5) is 0 Å². The molecule has 0 saturated carbocycles. The van der Waals surface area contributed by atoms with Gasteiger partial charge in [-0.15, -0.1) is 0 Å². The number of sulfonamides is 1. The molecule has 6 nitrogen and oxygen atoms in total. The van der Waals surface area contributed by atoms with Crippen LogP contribution < -0.4 is 14.8 Å². The lowest BCUT2D eigenvalue weighted by Crippen LogP contribution is -2.50. The first-order valence-corrected chi connectivity index (χ1v) is 11.1. The van der Waals surface area contributed by atoms with Gasteiger partial charge in [0.15, 0.2) is 0 Å². The average molecular weight is 419 g/mol. The first-order chi connectivity index (χ1) is 13.5. The first kappa shape index (κ1) is 22.9. The summed E-state index contributed by atoms with van der Waals surface area (Å²) in [5, 5.41) is 2.92. The van der Waals surface area contributed by atoms with E-state index in [1.54, 1.807) is 33.1 Å². The third-order valence-corrected chi connectivity index (χ3v) is 6.23. The molecule has 2 unspecified atom stereocenters. The van der Waals surface area contributed by atoms with Crippen LogP contribution in [0.1, 0.15) is 43.5 Å². The van der Waals surface area contributed by atoms with Gasteiger partial charge in [0.2, 0.25) is 15.9 Å². The highest BCUT2D eigenvalue weighted by molar-refractivity contribution is 7.89. The monoisotopic (exact) mass is 418 g/mol. The summed E-state index contributed by atoms with van der Waals surface area (Å²) in [5.41, 5.74) is 2.84. The van der Waals surface area contributed by atoms with Gasteiger partial charge < -0.3 is 10.1 Å². The highest BCUT2D eigenvalue weighted by Gasteiger charge is 2.29. The first-order valence-electron chi connectivity index (χ1n) is 9.59. The lowest BCUT2D eigenvalue weighted by atomic mass is 10.0. The summed E-state index contributed by atoms with van der Waals surface area (Å²) in [4.78, 5) is 13.1. The fourth-order valence-corrected chi connectivity index (χ4v) is 4.36. The fourth-order valence-electron chi connectivity index (χ4n) is 3.02. The van der Waals surface area contributed by atoms with Crippen molar-refractivity contribution in [1.29, 1.82) is 0 Å². The van der Waals surface area contributed by atoms with E-state index in [1.807, 2.05) is 39.0 Å². The Morgan fingerprint density at radius 1 is 0.966 bits per heavy atom. The van der Waals surface area contributed by atoms with Gasteiger partial charge in [-0.25, -0.2) is 8.42 Å². The van der Waals surface area contributed by atoms with E-state index in [4.69, 9.17) is 4.74 Å². The van der Waals surface area contributed by atoms with Gasteiger partial charge in [0.05, 0.1) is 18.0 Å². The average Bonchev–Trinajstić information content (AvgIpc) is 2.66. The zero-order valence-corrected chi connectivity index (χ0v) is 18.6. The van der Waals surface area contributed by atoms with Gasteiger partial charge in [0, 0.05) is 5.56 Å². The van der Waals surface area contributed by atoms with Gasteiger partial charge in [0.1, 0.15) is 11.8 Å². The summed E-state index contributed by atoms with van der Waals surface area (Å²) >= 11 is 0. The normalized spacial score (nSPS) is 13.8. The van der Waals surface area contributed by atoms with Gasteiger partial charge in [-0.3, -0.25) is 4.79 Å². The number of hydrogen-bond acceptors (Lipinski definition) is 4. The Hall–Kier alpha value is -2.38. The third-order valence-electron chi connectivity index (χ3n) is 4.77. The maximum Gasteiger partial charge on any atom is 0.241 e. The zero-order valence-electron chi connectivity index (χ0n) is 17.8. The SMILES string of the molecule is COc1ccc(C)cc1C(C)NC(=O)C(NS(=O)(=O)c1ccc(C)cc1)C(C)C. The van der Waals surface area contributed by atoms with Crippen molar-refractivity contribution < 1.29 is 17.9 Å². The number of aryl methyl sites for hydroxylation is 2. The largest absolute Gasteiger partial charge is 0.496 e. The molecule has 0 aliphatic heterocycles. The summed E-state index contributed by atoms with van der Waals surface area (Å²) in [7, 11) is -2.24. The summed E-state index contributed by atoms with van der Waals surface area (Å²) in [5.74, 6) is 0.0540. The molecule has 0 saturated heterocycles. The fraction of sp³-hybridized carbons (Fsp3) is 0.409. The highest BCUT2D eigenvalue weighted by Crippen LogP contribution is 2.26. The number of methoxy groups -OCH3 is 1. The van der Waals surface area contributed by atoms with Crippen molar-refractivity contribution in [3.05, 3.63) is 59.2 Å². The quantitative estimate of drug-likeness (QED) is 0.687. The van der Waals surface area contributed by atoms with Crippen molar-refractivity contribution in [1.82, 2.24) is 10.0 Å². The molecule has 7 heteroatoms. The molecule has 0 bridgehead atoms. The van der Waals surface area contributed by atoms with E-state index in [0.717, 1.165) is 16.7 Å². The van der Waals surface area contributed by atoms with Gasteiger partial charge in [-0.1, -0.05) is 49.2 Å². The van der Waals surface area contributed by atoms with Crippen LogP contribution in [0.3, 0.4) is 0 Å². The van der Waals surface area contributed by atoms with Crippen LogP contribution in [0.25, 0.3) is 0 Å². The van der Waals surface area contributed by atoms with Crippen LogP contribution in [0, 0.1) is 19.8 Å². The maximum absolute atomic E-state index is 12.9. The molecular weight excluding hydrogens is 388 g/mol. The molecule has 1 amide bonds. The van der Waals surface area contributed by atoms with Crippen molar-refractivity contribution in [3.63, 3.8) is 0 Å². The van der Waals surface area contributed by atoms with Gasteiger partial charge in [-0.2, -0.15) is 4.72 Å². The van der Waals surface area contributed by atoms with E-state index in [2.05, 4.69) is 10.0 Å². The van der Waals surface area contributed by atoms with Gasteiger partial charge >= 0.3 is 0 Å². The number of ether oxygens (including phenoxy) is 1. The Bertz CT molecular complexity index is 953. The number of carbonyl (C=O) groups excluding carboxylic acids is 1. The number of hydrogen-bond donors (Lipinski definition) is 2. The minimum atomic E-state index is -3.82. The number of amides is 1. The topological polar surface area (TPSA) is 84.5 Å². The zero-order chi connectivity index (χ0) is 21.8. The highest BCUT2D eigenvalue weighted by atomic mass is 32.2. The minimum absolute atomic E-state index is 0.134. The third kappa shape index (κ3) is 5.81. The van der Waals surface area contributed by atoms with E-state index in [-0.39, 0.29) is 22.8 Å². The van der Waals surface area contributed by atoms with Crippen LogP contribution >= 0.6 is 0 Å². The number of benzene rings is 2. The second kappa shape index (κ2) is 9.41. The molecule has 0 radical (unpaired) electrons. The van der Waals surface area contributed by atoms with Crippen molar-refractivity contribution in [2.45, 2.75) is 51.6 Å². The Kier molecular flexibility index (Phi) is 7.43. The predicted octanol–water partition coefficient (Wildman–Crippen LogP) is 3.49. The molecule has 0 aliphatic rings. The molecule has 0 heterocycles. The Morgan fingerprint density at radius 2 is 1.55 bits per heavy atom. The molecule has 0 aromatic heterocycles. The van der Waals surface area contributed by atoms with Crippen molar-refractivity contribution in [3.8, 4) is 5.75 Å². The molecule has 2 aromatic carbocycles. The molecule has 2 rings (SSSR count). The van der Waals surface area contributed by atoms with Crippen molar-refractivity contribution in [2.75, 3.05) is 7.11 Å². The van der Waals surface area contributed by atoms with Crippen LogP contribution in [-0.2, 0) is 14.8 Å². The standard InChI is InChI=1S/C22H30N2O4S/c1-14(2)21(24-29(26,27)18-10-7-15(3)8-11-18)22(25)23-17(5)19-13-16(4)9-12-20(19)28-6/h7-14,17,21,24H,1-6H3,(H,23,25). The minimum Gasteiger partial charge on any atom is -0.496 e. The summed E-state index contributed by atoms with van der Waals surface area (Å²) in [6.07, 6.45) is 0. The lowest BCUT2D eigenvalue weighted by Gasteiger charge is -2.25. The predicted molar refractivity (Wildman–Crippen MR) is 114 cm³/mol. The molecule has 0 spiro atoms. The van der Waals surface area contributed by atoms with Crippen LogP contribution in [0.15, 0.2) is 47.4 Å². The van der Waals surface area contributed by atoms with Crippen LogP contribution in [0.5, 0.6) is 5.75 Å². The molecule has 0 aliphatic carbocycles. The number of carbonyl (C=O) groups is 1. The van der Waals surface area contributed by atoms with Gasteiger partial charge in [-0.05, 0) is 44.9 Å². The molecule has 2 atom stereocenters. The smallest absolute Gasteiger partial charge is 0.241 e. The van der Waals surface area contributed by atoms with Crippen LogP contribution in [-0.4, -0.2) is 27.5 Å². The Balaban J connectivity index is 2.21. The van der Waals surface area contributed by atoms with Crippen molar-refractivity contribution >= 4 is 15.9 Å². The number of rotatable bonds is 8. The van der Waals surface area contributed by atoms with E-state index >= 15 is 0 Å². The Morgan fingerprint density at radius 3 is 2.10 bits per heavy atom. The molecule has 29 heavy (non-hydrogen) atoms. The molecular formula is C22H30N2O4S. The van der Waals surface area contributed by atoms with Crippen molar-refractivity contribution in [2.24, 2.45) is 5.92 Å². The summed E-state index contributed by atoms with van der Waals surface area (Å²) in [6, 6.07) is 11.0. The van der Waals surface area contributed by atoms with Gasteiger partial charge in [0.25, 0.3) is 0 Å². The van der Waals surface area contributed by atoms with E-state index in [1.165, 1.54) is 12.1 Å². The summed E-state index contributed by atoms with van der Waals surface area (Å²) in [6.45, 7) is 9.31. The maximum atomic E-state index is 12.9. The lowest BCUT2D eigenvalue weighted by molar-refractivity contribution is -0.124. The van der Waals surface area contributed by atoms with E-state index in [9.17, 15) is 13.2 Å². The molecule has 158 valence electrons. The molecule has 0 fully saturated rings. The number of nitrogens with one attached hydrogen (secondary N) is 2. The van der Waals surface area contributed by atoms with E-state index in [0.29, 0.717) is 5.75 Å². The van der Waals surface area contributed by atoms with Crippen LogP contribution in [0.2, 0.25) is 0 Å². The van der Waals surface area contributed by atoms with E-state index < -0.39 is 16.1 Å². The molecule has 2 aromatic rings. The Labute approximate surface area is 173 Å². The second-order valence-electron chi connectivity index (χ2n) is 7.63. The molecule has 2 N–H and O–H groups in total. The summed E-state index contributed by atoms with van der Waals surface area (Å²) < 4.78 is 33.5. The second-order valence-corrected chi connectivity index (χ2v) is 9.35.